The van der Waals surface area contributed by atoms with Crippen molar-refractivity contribution in [2.24, 2.45) is 5.92 Å². The third-order valence-corrected chi connectivity index (χ3v) is 4.99. The molecule has 1 atom stereocenters. The molecule has 118 valence electrons. The molecule has 2 aliphatic rings. The van der Waals surface area contributed by atoms with Gasteiger partial charge < -0.3 is 10.2 Å². The van der Waals surface area contributed by atoms with Crippen molar-refractivity contribution in [3.05, 3.63) is 35.9 Å². The van der Waals surface area contributed by atoms with E-state index in [-0.39, 0.29) is 29.2 Å². The molecule has 0 unspecified atom stereocenters. The van der Waals surface area contributed by atoms with Crippen molar-refractivity contribution in [3.8, 4) is 0 Å². The molecule has 2 amide bonds. The van der Waals surface area contributed by atoms with Gasteiger partial charge in [0, 0.05) is 31.0 Å². The van der Waals surface area contributed by atoms with Crippen LogP contribution >= 0.6 is 0 Å². The molecule has 0 aromatic heterocycles. The fourth-order valence-electron chi connectivity index (χ4n) is 3.32. The molecule has 1 aliphatic carbocycles. The number of hydrogen-bond donors (Lipinski definition) is 1. The zero-order chi connectivity index (χ0) is 15.7. The third-order valence-electron chi connectivity index (χ3n) is 4.99. The van der Waals surface area contributed by atoms with Gasteiger partial charge in [0.2, 0.25) is 11.8 Å². The van der Waals surface area contributed by atoms with Crippen LogP contribution in [0.25, 0.3) is 0 Å². The van der Waals surface area contributed by atoms with Crippen LogP contribution in [0.3, 0.4) is 0 Å². The van der Waals surface area contributed by atoms with E-state index in [0.29, 0.717) is 19.5 Å². The highest BCUT2D eigenvalue weighted by Crippen LogP contribution is 2.47. The van der Waals surface area contributed by atoms with Crippen LogP contribution in [0.5, 0.6) is 0 Å². The number of amides is 2. The maximum absolute atomic E-state index is 12.4. The van der Waals surface area contributed by atoms with Crippen LogP contribution in [-0.2, 0) is 15.0 Å². The monoisotopic (exact) mass is 300 g/mol. The van der Waals surface area contributed by atoms with E-state index < -0.39 is 0 Å². The molecule has 4 heteroatoms. The van der Waals surface area contributed by atoms with Gasteiger partial charge in [-0.05, 0) is 32.3 Å². The maximum atomic E-state index is 12.4. The number of nitrogens with zero attached hydrogens (tertiary/aromatic N) is 1. The molecule has 1 saturated carbocycles. The first kappa shape index (κ1) is 15.1. The fourth-order valence-corrected chi connectivity index (χ4v) is 3.32. The number of carbonyl (C=O) groups is 2. The molecule has 1 saturated heterocycles. The summed E-state index contributed by atoms with van der Waals surface area (Å²) in [7, 11) is 0. The summed E-state index contributed by atoms with van der Waals surface area (Å²) in [4.78, 5) is 26.1. The Morgan fingerprint density at radius 1 is 1.32 bits per heavy atom. The van der Waals surface area contributed by atoms with Gasteiger partial charge in [0.25, 0.3) is 0 Å². The van der Waals surface area contributed by atoms with Crippen molar-refractivity contribution in [1.82, 2.24) is 10.2 Å². The number of hydrogen-bond acceptors (Lipinski definition) is 2. The molecule has 22 heavy (non-hydrogen) atoms. The van der Waals surface area contributed by atoms with Crippen LogP contribution in [0.1, 0.15) is 38.7 Å². The summed E-state index contributed by atoms with van der Waals surface area (Å²) in [6.07, 6.45) is 2.60. The predicted molar refractivity (Wildman–Crippen MR) is 85.3 cm³/mol. The molecular weight excluding hydrogens is 276 g/mol. The Kier molecular flexibility index (Phi) is 3.94. The average Bonchev–Trinajstić information content (AvgIpc) is 3.21. The van der Waals surface area contributed by atoms with Crippen LogP contribution in [0.15, 0.2) is 30.3 Å². The molecule has 0 bridgehead atoms. The average molecular weight is 300 g/mol. The maximum Gasteiger partial charge on any atom is 0.225 e. The Bertz CT molecular complexity index is 564. The molecule has 1 aromatic carbocycles. The van der Waals surface area contributed by atoms with Crippen molar-refractivity contribution in [1.29, 1.82) is 0 Å². The van der Waals surface area contributed by atoms with Gasteiger partial charge >= 0.3 is 0 Å². The standard InChI is InChI=1S/C18H24N2O2/c1-13(2)20-11-14(10-16(20)21)17(22)19-12-18(8-9-18)15-6-4-3-5-7-15/h3-7,13-14H,8-12H2,1-2H3,(H,19,22)/t14-/m0/s1. The van der Waals surface area contributed by atoms with E-state index >= 15 is 0 Å². The van der Waals surface area contributed by atoms with Gasteiger partial charge in [-0.25, -0.2) is 0 Å². The van der Waals surface area contributed by atoms with E-state index in [1.807, 2.05) is 32.0 Å². The number of benzene rings is 1. The summed E-state index contributed by atoms with van der Waals surface area (Å²) in [5.41, 5.74) is 1.43. The highest BCUT2D eigenvalue weighted by Gasteiger charge is 2.45. The summed E-state index contributed by atoms with van der Waals surface area (Å²) in [5.74, 6) is -0.0699. The number of carbonyl (C=O) groups excluding carboxylic acids is 2. The molecule has 1 N–H and O–H groups in total. The van der Waals surface area contributed by atoms with E-state index in [9.17, 15) is 9.59 Å². The van der Waals surface area contributed by atoms with Gasteiger partial charge in [0.05, 0.1) is 5.92 Å². The lowest BCUT2D eigenvalue weighted by molar-refractivity contribution is -0.129. The Balaban J connectivity index is 1.57. The summed E-state index contributed by atoms with van der Waals surface area (Å²) in [5, 5.41) is 3.09. The van der Waals surface area contributed by atoms with Crippen molar-refractivity contribution < 1.29 is 9.59 Å². The van der Waals surface area contributed by atoms with Gasteiger partial charge in [0.15, 0.2) is 0 Å². The third kappa shape index (κ3) is 2.87. The minimum atomic E-state index is -0.193. The van der Waals surface area contributed by atoms with E-state index in [0.717, 1.165) is 12.8 Å². The van der Waals surface area contributed by atoms with Crippen LogP contribution < -0.4 is 5.32 Å². The fraction of sp³-hybridized carbons (Fsp3) is 0.556. The van der Waals surface area contributed by atoms with Gasteiger partial charge in [-0.2, -0.15) is 0 Å². The second-order valence-corrected chi connectivity index (χ2v) is 6.91. The molecule has 1 heterocycles. The first-order chi connectivity index (χ1) is 10.5. The smallest absolute Gasteiger partial charge is 0.225 e. The topological polar surface area (TPSA) is 49.4 Å². The predicted octanol–water partition coefficient (Wildman–Crippen LogP) is 2.09. The number of rotatable bonds is 5. The Labute approximate surface area is 131 Å². The summed E-state index contributed by atoms with van der Waals surface area (Å²) >= 11 is 0. The second-order valence-electron chi connectivity index (χ2n) is 6.91. The van der Waals surface area contributed by atoms with Crippen molar-refractivity contribution >= 4 is 11.8 Å². The van der Waals surface area contributed by atoms with Gasteiger partial charge in [-0.1, -0.05) is 30.3 Å². The second kappa shape index (κ2) is 5.75. The van der Waals surface area contributed by atoms with Gasteiger partial charge in [-0.15, -0.1) is 0 Å². The lowest BCUT2D eigenvalue weighted by atomic mass is 9.95. The van der Waals surface area contributed by atoms with E-state index in [2.05, 4.69) is 17.4 Å². The Morgan fingerprint density at radius 2 is 2.00 bits per heavy atom. The minimum Gasteiger partial charge on any atom is -0.355 e. The van der Waals surface area contributed by atoms with Crippen molar-refractivity contribution in [2.75, 3.05) is 13.1 Å². The van der Waals surface area contributed by atoms with Crippen LogP contribution in [0.2, 0.25) is 0 Å². The Morgan fingerprint density at radius 3 is 2.55 bits per heavy atom. The van der Waals surface area contributed by atoms with E-state index in [1.165, 1.54) is 5.56 Å². The molecule has 4 nitrogen and oxygen atoms in total. The largest absolute Gasteiger partial charge is 0.355 e. The molecule has 0 radical (unpaired) electrons. The summed E-state index contributed by atoms with van der Waals surface area (Å²) in [6, 6.07) is 10.6. The van der Waals surface area contributed by atoms with Gasteiger partial charge in [0.1, 0.15) is 0 Å². The van der Waals surface area contributed by atoms with Gasteiger partial charge in [-0.3, -0.25) is 9.59 Å². The molecule has 2 fully saturated rings. The molecular formula is C18H24N2O2. The lowest BCUT2D eigenvalue weighted by Gasteiger charge is -2.21. The Hall–Kier alpha value is -1.84. The lowest BCUT2D eigenvalue weighted by Crippen LogP contribution is -2.38. The zero-order valence-corrected chi connectivity index (χ0v) is 13.3. The zero-order valence-electron chi connectivity index (χ0n) is 13.3. The number of nitrogens with one attached hydrogen (secondary N) is 1. The highest BCUT2D eigenvalue weighted by molar-refractivity contribution is 5.89. The first-order valence-electron chi connectivity index (χ1n) is 8.14. The number of likely N-dealkylation sites (tertiary alicyclic amines) is 1. The van der Waals surface area contributed by atoms with Crippen LogP contribution in [0, 0.1) is 5.92 Å². The van der Waals surface area contributed by atoms with E-state index in [1.54, 1.807) is 4.90 Å². The first-order valence-corrected chi connectivity index (χ1v) is 8.14. The quantitative estimate of drug-likeness (QED) is 0.905. The minimum absolute atomic E-state index is 0.0266. The van der Waals surface area contributed by atoms with Crippen LogP contribution in [-0.4, -0.2) is 35.8 Å². The molecule has 1 aliphatic heterocycles. The van der Waals surface area contributed by atoms with Crippen molar-refractivity contribution in [3.63, 3.8) is 0 Å². The van der Waals surface area contributed by atoms with E-state index in [4.69, 9.17) is 0 Å². The normalized spacial score (nSPS) is 23.0. The van der Waals surface area contributed by atoms with Crippen LogP contribution in [0.4, 0.5) is 0 Å². The van der Waals surface area contributed by atoms with Crippen molar-refractivity contribution in [2.45, 2.75) is 44.6 Å². The molecule has 0 spiro atoms. The molecule has 3 rings (SSSR count). The highest BCUT2D eigenvalue weighted by atomic mass is 16.2. The molecule has 1 aromatic rings. The summed E-state index contributed by atoms with van der Waals surface area (Å²) in [6.45, 7) is 5.22. The SMILES string of the molecule is CC(C)N1C[C@@H](C(=O)NCC2(c3ccccc3)CC2)CC1=O. The summed E-state index contributed by atoms with van der Waals surface area (Å²) < 4.78 is 0.